The first-order chi connectivity index (χ1) is 9.78. The van der Waals surface area contributed by atoms with Gasteiger partial charge in [-0.15, -0.1) is 0 Å². The number of nitrogens with one attached hydrogen (secondary N) is 1. The lowest BCUT2D eigenvalue weighted by Crippen LogP contribution is -2.28. The number of benzene rings is 1. The number of aromatic carboxylic acids is 1. The van der Waals surface area contributed by atoms with Crippen molar-refractivity contribution >= 4 is 5.97 Å². The molecule has 1 rings (SSSR count). The van der Waals surface area contributed by atoms with E-state index in [4.69, 9.17) is 14.6 Å². The summed E-state index contributed by atoms with van der Waals surface area (Å²) in [5, 5.41) is 21.4. The number of carbonyl (C=O) groups is 1. The number of phenols is 1. The Morgan fingerprint density at radius 1 is 1.29 bits per heavy atom. The van der Waals surface area contributed by atoms with Crippen LogP contribution in [-0.2, 0) is 4.74 Å². The van der Waals surface area contributed by atoms with E-state index in [-0.39, 0.29) is 16.9 Å². The van der Waals surface area contributed by atoms with Crippen LogP contribution in [0.4, 0.5) is 0 Å². The molecule has 0 aromatic heterocycles. The minimum absolute atomic E-state index is 0.00158. The van der Waals surface area contributed by atoms with Crippen molar-refractivity contribution in [3.8, 4) is 11.5 Å². The molecule has 0 aliphatic rings. The smallest absolute Gasteiger partial charge is 0.335 e. The summed E-state index contributed by atoms with van der Waals surface area (Å²) in [6.07, 6.45) is 0.742. The first-order valence-corrected chi connectivity index (χ1v) is 6.83. The van der Waals surface area contributed by atoms with E-state index < -0.39 is 5.97 Å². The third-order valence-corrected chi connectivity index (χ3v) is 2.51. The molecule has 0 saturated heterocycles. The summed E-state index contributed by atoms with van der Waals surface area (Å²) in [5.41, 5.74) is -0.167. The van der Waals surface area contributed by atoms with Crippen LogP contribution in [0.15, 0.2) is 18.2 Å². The first-order valence-electron chi connectivity index (χ1n) is 6.83. The molecule has 0 unspecified atom stereocenters. The van der Waals surface area contributed by atoms with Gasteiger partial charge >= 0.3 is 5.97 Å². The monoisotopic (exact) mass is 297 g/mol. The number of phenolic OH excluding ortho intramolecular Hbond substituents is 1. The van der Waals surface area contributed by atoms with E-state index in [0.29, 0.717) is 19.1 Å². The van der Waals surface area contributed by atoms with Gasteiger partial charge in [-0.25, -0.2) is 4.79 Å². The quantitative estimate of drug-likeness (QED) is 0.504. The van der Waals surface area contributed by atoms with Gasteiger partial charge in [0.15, 0.2) is 0 Å². The molecule has 1 aromatic carbocycles. The zero-order chi connectivity index (χ0) is 15.9. The Bertz CT molecular complexity index is 468. The third kappa shape index (κ3) is 7.53. The summed E-state index contributed by atoms with van der Waals surface area (Å²) >= 11 is 0. The van der Waals surface area contributed by atoms with E-state index in [0.717, 1.165) is 13.0 Å². The Morgan fingerprint density at radius 2 is 2.00 bits per heavy atom. The molecule has 0 aliphatic carbocycles. The average Bonchev–Trinajstić information content (AvgIpc) is 2.35. The molecule has 0 atom stereocenters. The van der Waals surface area contributed by atoms with Gasteiger partial charge in [0.05, 0.1) is 24.5 Å². The Morgan fingerprint density at radius 3 is 2.62 bits per heavy atom. The normalized spacial score (nSPS) is 11.4. The Kier molecular flexibility index (Phi) is 6.45. The van der Waals surface area contributed by atoms with Gasteiger partial charge in [0.2, 0.25) is 0 Å². The van der Waals surface area contributed by atoms with Crippen LogP contribution in [0, 0.1) is 0 Å². The van der Waals surface area contributed by atoms with Crippen LogP contribution in [0.3, 0.4) is 0 Å². The van der Waals surface area contributed by atoms with Crippen LogP contribution < -0.4 is 10.1 Å². The predicted octanol–water partition coefficient (Wildman–Crippen LogP) is 2.22. The third-order valence-electron chi connectivity index (χ3n) is 2.51. The lowest BCUT2D eigenvalue weighted by molar-refractivity contribution is -0.0132. The van der Waals surface area contributed by atoms with Crippen LogP contribution in [0.25, 0.3) is 0 Å². The molecule has 0 bridgehead atoms. The van der Waals surface area contributed by atoms with E-state index >= 15 is 0 Å². The standard InChI is InChI=1S/C15H23NO5/c1-15(2,3)21-10-16-5-4-6-20-13-8-11(14(18)19)7-12(17)9-13/h7-9,16-17H,4-6,10H2,1-3H3,(H,18,19). The maximum Gasteiger partial charge on any atom is 0.335 e. The van der Waals surface area contributed by atoms with Gasteiger partial charge in [0.25, 0.3) is 0 Å². The molecule has 0 spiro atoms. The highest BCUT2D eigenvalue weighted by atomic mass is 16.5. The minimum atomic E-state index is -1.10. The lowest BCUT2D eigenvalue weighted by atomic mass is 10.2. The number of carboxylic acids is 1. The molecule has 21 heavy (non-hydrogen) atoms. The second kappa shape index (κ2) is 7.85. The highest BCUT2D eigenvalue weighted by Crippen LogP contribution is 2.21. The van der Waals surface area contributed by atoms with Crippen molar-refractivity contribution in [2.45, 2.75) is 32.8 Å². The number of carboxylic acid groups (broad SMARTS) is 1. The molecule has 3 N–H and O–H groups in total. The van der Waals surface area contributed by atoms with Crippen molar-refractivity contribution in [1.82, 2.24) is 5.32 Å². The van der Waals surface area contributed by atoms with Crippen LogP contribution in [0.2, 0.25) is 0 Å². The van der Waals surface area contributed by atoms with E-state index in [9.17, 15) is 9.90 Å². The summed E-state index contributed by atoms with van der Waals surface area (Å²) in [4.78, 5) is 10.8. The Labute approximate surface area is 124 Å². The zero-order valence-corrected chi connectivity index (χ0v) is 12.7. The molecule has 118 valence electrons. The molecule has 0 heterocycles. The molecule has 6 heteroatoms. The van der Waals surface area contributed by atoms with Gasteiger partial charge < -0.3 is 19.7 Å². The van der Waals surface area contributed by atoms with Crippen molar-refractivity contribution in [1.29, 1.82) is 0 Å². The average molecular weight is 297 g/mol. The topological polar surface area (TPSA) is 88.0 Å². The van der Waals surface area contributed by atoms with Crippen LogP contribution in [0.1, 0.15) is 37.6 Å². The lowest BCUT2D eigenvalue weighted by Gasteiger charge is -2.19. The van der Waals surface area contributed by atoms with E-state index in [2.05, 4.69) is 5.32 Å². The second-order valence-corrected chi connectivity index (χ2v) is 5.62. The molecule has 0 radical (unpaired) electrons. The fraction of sp³-hybridized carbons (Fsp3) is 0.533. The van der Waals surface area contributed by atoms with E-state index in [1.54, 1.807) is 0 Å². The molecule has 1 aromatic rings. The van der Waals surface area contributed by atoms with Crippen LogP contribution in [0.5, 0.6) is 11.5 Å². The largest absolute Gasteiger partial charge is 0.508 e. The Balaban J connectivity index is 2.25. The highest BCUT2D eigenvalue weighted by Gasteiger charge is 2.09. The van der Waals surface area contributed by atoms with Crippen LogP contribution >= 0.6 is 0 Å². The van der Waals surface area contributed by atoms with Crippen molar-refractivity contribution in [3.05, 3.63) is 23.8 Å². The van der Waals surface area contributed by atoms with Crippen LogP contribution in [-0.4, -0.2) is 41.7 Å². The van der Waals surface area contributed by atoms with Crippen molar-refractivity contribution in [2.24, 2.45) is 0 Å². The summed E-state index contributed by atoms with van der Waals surface area (Å²) in [6, 6.07) is 3.96. The van der Waals surface area contributed by atoms with Crippen molar-refractivity contribution in [3.63, 3.8) is 0 Å². The molecular formula is C15H23NO5. The summed E-state index contributed by atoms with van der Waals surface area (Å²) in [7, 11) is 0. The van der Waals surface area contributed by atoms with Gasteiger partial charge in [0.1, 0.15) is 11.5 Å². The molecule has 0 aliphatic heterocycles. The molecular weight excluding hydrogens is 274 g/mol. The number of hydrogen-bond acceptors (Lipinski definition) is 5. The van der Waals surface area contributed by atoms with E-state index in [1.165, 1.54) is 18.2 Å². The molecule has 0 saturated carbocycles. The van der Waals surface area contributed by atoms with Gasteiger partial charge in [-0.1, -0.05) is 0 Å². The first kappa shape index (κ1) is 17.3. The van der Waals surface area contributed by atoms with Gasteiger partial charge in [-0.2, -0.15) is 0 Å². The minimum Gasteiger partial charge on any atom is -0.508 e. The predicted molar refractivity (Wildman–Crippen MR) is 78.9 cm³/mol. The fourth-order valence-electron chi connectivity index (χ4n) is 1.52. The fourth-order valence-corrected chi connectivity index (χ4v) is 1.52. The number of hydrogen-bond donors (Lipinski definition) is 3. The number of ether oxygens (including phenoxy) is 2. The summed E-state index contributed by atoms with van der Waals surface area (Å²) in [6.45, 7) is 7.57. The molecule has 6 nitrogen and oxygen atoms in total. The SMILES string of the molecule is CC(C)(C)OCNCCCOc1cc(O)cc(C(=O)O)c1. The van der Waals surface area contributed by atoms with E-state index in [1.807, 2.05) is 20.8 Å². The molecule has 0 amide bonds. The van der Waals surface area contributed by atoms with Gasteiger partial charge in [-0.3, -0.25) is 5.32 Å². The summed E-state index contributed by atoms with van der Waals surface area (Å²) < 4.78 is 10.9. The van der Waals surface area contributed by atoms with Crippen molar-refractivity contribution in [2.75, 3.05) is 19.9 Å². The maximum absolute atomic E-state index is 10.8. The highest BCUT2D eigenvalue weighted by molar-refractivity contribution is 5.88. The van der Waals surface area contributed by atoms with Gasteiger partial charge in [-0.05, 0) is 39.3 Å². The zero-order valence-electron chi connectivity index (χ0n) is 12.7. The maximum atomic E-state index is 10.8. The Hall–Kier alpha value is -1.79. The van der Waals surface area contributed by atoms with Crippen molar-refractivity contribution < 1.29 is 24.5 Å². The van der Waals surface area contributed by atoms with Gasteiger partial charge in [0, 0.05) is 12.6 Å². The number of rotatable bonds is 8. The summed E-state index contributed by atoms with van der Waals surface area (Å²) in [5.74, 6) is -0.878. The second-order valence-electron chi connectivity index (χ2n) is 5.62. The molecule has 0 fully saturated rings. The number of aromatic hydroxyl groups is 1.